The SMILES string of the molecule is COc1cc(OC)c2c(c1)[C@@H](CCCCCCCCN1CCC(N3CCN(C)C3=O)CC1)OC2=O. The molecule has 0 bridgehead atoms. The Morgan fingerprint density at radius 2 is 1.63 bits per heavy atom. The molecule has 2 fully saturated rings. The molecule has 1 aromatic rings. The first-order valence-electron chi connectivity index (χ1n) is 13.2. The number of benzene rings is 1. The number of methoxy groups -OCH3 is 2. The van der Waals surface area contributed by atoms with E-state index in [9.17, 15) is 9.59 Å². The van der Waals surface area contributed by atoms with Crippen molar-refractivity contribution in [2.45, 2.75) is 69.9 Å². The van der Waals surface area contributed by atoms with E-state index in [1.54, 1.807) is 20.3 Å². The van der Waals surface area contributed by atoms with Gasteiger partial charge in [-0.3, -0.25) is 0 Å². The van der Waals surface area contributed by atoms with Gasteiger partial charge in [0, 0.05) is 50.9 Å². The average Bonchev–Trinajstić information content (AvgIpc) is 3.38. The number of unbranched alkanes of at least 4 members (excludes halogenated alkanes) is 5. The number of ether oxygens (including phenoxy) is 3. The van der Waals surface area contributed by atoms with E-state index in [1.165, 1.54) is 32.2 Å². The van der Waals surface area contributed by atoms with Crippen LogP contribution in [0.1, 0.15) is 79.8 Å². The van der Waals surface area contributed by atoms with Crippen molar-refractivity contribution in [2.24, 2.45) is 0 Å². The van der Waals surface area contributed by atoms with Crippen molar-refractivity contribution in [3.8, 4) is 11.5 Å². The second kappa shape index (κ2) is 12.0. The number of amides is 2. The number of hydrogen-bond acceptors (Lipinski definition) is 6. The number of carbonyl (C=O) groups is 2. The van der Waals surface area contributed by atoms with Gasteiger partial charge in [-0.1, -0.05) is 25.7 Å². The molecule has 194 valence electrons. The molecule has 8 heteroatoms. The second-order valence-electron chi connectivity index (χ2n) is 10.1. The molecular weight excluding hydrogens is 446 g/mol. The van der Waals surface area contributed by atoms with Crippen LogP contribution in [0, 0.1) is 0 Å². The number of piperidine rings is 1. The number of urea groups is 1. The quantitative estimate of drug-likeness (QED) is 0.320. The summed E-state index contributed by atoms with van der Waals surface area (Å²) in [7, 11) is 5.08. The topological polar surface area (TPSA) is 71.6 Å². The number of nitrogens with zero attached hydrogens (tertiary/aromatic N) is 3. The van der Waals surface area contributed by atoms with Crippen LogP contribution in [0.4, 0.5) is 4.79 Å². The average molecular weight is 488 g/mol. The van der Waals surface area contributed by atoms with E-state index < -0.39 is 0 Å². The monoisotopic (exact) mass is 487 g/mol. The van der Waals surface area contributed by atoms with Crippen LogP contribution in [0.2, 0.25) is 0 Å². The van der Waals surface area contributed by atoms with Gasteiger partial charge in [-0.25, -0.2) is 9.59 Å². The van der Waals surface area contributed by atoms with Gasteiger partial charge in [0.2, 0.25) is 0 Å². The highest BCUT2D eigenvalue weighted by molar-refractivity contribution is 5.97. The highest BCUT2D eigenvalue weighted by Gasteiger charge is 2.35. The van der Waals surface area contributed by atoms with Gasteiger partial charge in [0.15, 0.2) is 0 Å². The van der Waals surface area contributed by atoms with Crippen LogP contribution >= 0.6 is 0 Å². The highest BCUT2D eigenvalue weighted by atomic mass is 16.6. The molecule has 0 aliphatic carbocycles. The summed E-state index contributed by atoms with van der Waals surface area (Å²) in [5.74, 6) is 0.909. The molecule has 8 nitrogen and oxygen atoms in total. The summed E-state index contributed by atoms with van der Waals surface area (Å²) in [6.07, 6.45) is 9.96. The molecule has 0 spiro atoms. The maximum Gasteiger partial charge on any atom is 0.342 e. The normalized spacial score (nSPS) is 20.9. The van der Waals surface area contributed by atoms with E-state index in [4.69, 9.17) is 14.2 Å². The number of fused-ring (bicyclic) bond motifs is 1. The molecule has 0 N–H and O–H groups in total. The number of esters is 1. The largest absolute Gasteiger partial charge is 0.497 e. The molecule has 35 heavy (non-hydrogen) atoms. The molecule has 3 heterocycles. The number of cyclic esters (lactones) is 1. The lowest BCUT2D eigenvalue weighted by atomic mass is 9.98. The molecule has 2 amide bonds. The van der Waals surface area contributed by atoms with Gasteiger partial charge in [0.1, 0.15) is 23.2 Å². The van der Waals surface area contributed by atoms with E-state index in [2.05, 4.69) is 9.80 Å². The zero-order valence-corrected chi connectivity index (χ0v) is 21.6. The fourth-order valence-electron chi connectivity index (χ4n) is 5.66. The van der Waals surface area contributed by atoms with Crippen molar-refractivity contribution >= 4 is 12.0 Å². The number of likely N-dealkylation sites (tertiary alicyclic amines) is 1. The minimum atomic E-state index is -0.298. The molecule has 1 atom stereocenters. The van der Waals surface area contributed by atoms with Crippen LogP contribution in [-0.4, -0.2) is 86.7 Å². The third-order valence-corrected chi connectivity index (χ3v) is 7.80. The first kappa shape index (κ1) is 25.6. The molecule has 2 saturated heterocycles. The van der Waals surface area contributed by atoms with Crippen molar-refractivity contribution in [2.75, 3.05) is 54.0 Å². The van der Waals surface area contributed by atoms with Crippen molar-refractivity contribution in [3.05, 3.63) is 23.3 Å². The summed E-state index contributed by atoms with van der Waals surface area (Å²) in [4.78, 5) is 31.0. The first-order valence-corrected chi connectivity index (χ1v) is 13.2. The van der Waals surface area contributed by atoms with Crippen molar-refractivity contribution in [1.82, 2.24) is 14.7 Å². The summed E-state index contributed by atoms with van der Waals surface area (Å²) in [6, 6.07) is 4.27. The van der Waals surface area contributed by atoms with Crippen LogP contribution in [-0.2, 0) is 4.74 Å². The predicted octanol–water partition coefficient (Wildman–Crippen LogP) is 4.48. The summed E-state index contributed by atoms with van der Waals surface area (Å²) in [5.41, 5.74) is 1.43. The summed E-state index contributed by atoms with van der Waals surface area (Å²) in [6.45, 7) is 5.13. The van der Waals surface area contributed by atoms with E-state index >= 15 is 0 Å². The number of likely N-dealkylation sites (N-methyl/N-ethyl adjacent to an activating group) is 1. The van der Waals surface area contributed by atoms with Gasteiger partial charge in [-0.2, -0.15) is 0 Å². The van der Waals surface area contributed by atoms with Crippen LogP contribution in [0.3, 0.4) is 0 Å². The Balaban J connectivity index is 1.07. The Kier molecular flexibility index (Phi) is 8.76. The standard InChI is InChI=1S/C27H41N3O5/c1-28-16-17-30(27(28)32)20-11-14-29(15-12-20)13-9-7-5-4-6-8-10-23-22-18-21(33-2)19-24(34-3)25(22)26(31)35-23/h18-20,23H,4-17H2,1-3H3/t23-/m1/s1. The molecule has 0 saturated carbocycles. The first-order chi connectivity index (χ1) is 17.0. The van der Waals surface area contributed by atoms with E-state index in [1.807, 2.05) is 18.0 Å². The van der Waals surface area contributed by atoms with Gasteiger partial charge in [0.05, 0.1) is 14.2 Å². The van der Waals surface area contributed by atoms with Crippen LogP contribution in [0.5, 0.6) is 11.5 Å². The lowest BCUT2D eigenvalue weighted by Gasteiger charge is -2.36. The van der Waals surface area contributed by atoms with Gasteiger partial charge in [-0.05, 0) is 44.7 Å². The van der Waals surface area contributed by atoms with Gasteiger partial charge < -0.3 is 28.9 Å². The Hall–Kier alpha value is -2.48. The molecule has 4 rings (SSSR count). The third kappa shape index (κ3) is 6.02. The molecule has 0 unspecified atom stereocenters. The zero-order valence-electron chi connectivity index (χ0n) is 21.6. The predicted molar refractivity (Wildman–Crippen MR) is 134 cm³/mol. The Morgan fingerprint density at radius 3 is 2.29 bits per heavy atom. The van der Waals surface area contributed by atoms with Gasteiger partial charge >= 0.3 is 12.0 Å². The zero-order chi connectivity index (χ0) is 24.8. The third-order valence-electron chi connectivity index (χ3n) is 7.80. The van der Waals surface area contributed by atoms with E-state index in [-0.39, 0.29) is 18.1 Å². The molecule has 3 aliphatic rings. The van der Waals surface area contributed by atoms with Crippen LogP contribution < -0.4 is 9.47 Å². The molecular formula is C27H41N3O5. The number of hydrogen-bond donors (Lipinski definition) is 0. The molecule has 0 radical (unpaired) electrons. The fraction of sp³-hybridized carbons (Fsp3) is 0.704. The molecule has 1 aromatic carbocycles. The fourth-order valence-corrected chi connectivity index (χ4v) is 5.66. The molecule has 3 aliphatic heterocycles. The van der Waals surface area contributed by atoms with Gasteiger partial charge in [0.25, 0.3) is 0 Å². The maximum atomic E-state index is 12.3. The lowest BCUT2D eigenvalue weighted by molar-refractivity contribution is 0.0361. The Labute approximate surface area is 209 Å². The van der Waals surface area contributed by atoms with Crippen LogP contribution in [0.15, 0.2) is 12.1 Å². The van der Waals surface area contributed by atoms with E-state index in [0.717, 1.165) is 63.8 Å². The smallest absolute Gasteiger partial charge is 0.342 e. The van der Waals surface area contributed by atoms with E-state index in [0.29, 0.717) is 23.1 Å². The van der Waals surface area contributed by atoms with Crippen molar-refractivity contribution < 1.29 is 23.8 Å². The minimum Gasteiger partial charge on any atom is -0.497 e. The lowest BCUT2D eigenvalue weighted by Crippen LogP contribution is -2.46. The Morgan fingerprint density at radius 1 is 0.914 bits per heavy atom. The number of carbonyl (C=O) groups excluding carboxylic acids is 2. The second-order valence-corrected chi connectivity index (χ2v) is 10.1. The minimum absolute atomic E-state index is 0.207. The van der Waals surface area contributed by atoms with Gasteiger partial charge in [-0.15, -0.1) is 0 Å². The summed E-state index contributed by atoms with van der Waals surface area (Å²) < 4.78 is 16.4. The van der Waals surface area contributed by atoms with Crippen molar-refractivity contribution in [1.29, 1.82) is 0 Å². The molecule has 0 aromatic heterocycles. The Bertz CT molecular complexity index is 884. The van der Waals surface area contributed by atoms with Crippen LogP contribution in [0.25, 0.3) is 0 Å². The summed E-state index contributed by atoms with van der Waals surface area (Å²) in [5, 5.41) is 0. The maximum absolute atomic E-state index is 12.3. The summed E-state index contributed by atoms with van der Waals surface area (Å²) >= 11 is 0. The highest BCUT2D eigenvalue weighted by Crippen LogP contribution is 2.41. The number of rotatable bonds is 12. The van der Waals surface area contributed by atoms with Crippen molar-refractivity contribution in [3.63, 3.8) is 0 Å².